The zero-order chi connectivity index (χ0) is 11.0. The molecule has 0 saturated carbocycles. The quantitative estimate of drug-likeness (QED) is 0.590. The summed E-state index contributed by atoms with van der Waals surface area (Å²) in [5, 5.41) is 2.54. The van der Waals surface area contributed by atoms with Gasteiger partial charge in [-0.25, -0.2) is 0 Å². The van der Waals surface area contributed by atoms with Crippen LogP contribution < -0.4 is 0 Å². The Morgan fingerprint density at radius 1 is 1.12 bits per heavy atom. The van der Waals surface area contributed by atoms with Crippen LogP contribution in [0.15, 0.2) is 55.4 Å². The molecule has 0 saturated heterocycles. The first-order valence-electron chi connectivity index (χ1n) is 5.33. The average molecular weight is 208 g/mol. The average Bonchev–Trinajstić information content (AvgIpc) is 2.66. The standard InChI is InChI=1S/C14H12N2/c1-2-9-16-13-6-4-3-5-11(13)12-7-8-15-10-14(12)16/h2-8,10H,1,9H2. The number of nitrogens with zero attached hydrogens (tertiary/aromatic N) is 2. The number of allylic oxidation sites excluding steroid dienone is 1. The van der Waals surface area contributed by atoms with E-state index in [1.807, 2.05) is 18.5 Å². The highest BCUT2D eigenvalue weighted by Crippen LogP contribution is 2.27. The summed E-state index contributed by atoms with van der Waals surface area (Å²) in [6.45, 7) is 4.62. The van der Waals surface area contributed by atoms with Crippen molar-refractivity contribution in [1.82, 2.24) is 9.55 Å². The highest BCUT2D eigenvalue weighted by atomic mass is 15.0. The van der Waals surface area contributed by atoms with Gasteiger partial charge in [-0.3, -0.25) is 4.98 Å². The minimum absolute atomic E-state index is 0.815. The van der Waals surface area contributed by atoms with E-state index >= 15 is 0 Å². The molecule has 3 aromatic rings. The lowest BCUT2D eigenvalue weighted by Crippen LogP contribution is -1.93. The Morgan fingerprint density at radius 2 is 1.94 bits per heavy atom. The molecule has 1 aromatic carbocycles. The van der Waals surface area contributed by atoms with E-state index in [2.05, 4.69) is 46.5 Å². The SMILES string of the molecule is C=CCn1c2ccccc2c2ccncc21. The maximum atomic E-state index is 4.20. The van der Waals surface area contributed by atoms with Gasteiger partial charge in [0.15, 0.2) is 0 Å². The van der Waals surface area contributed by atoms with Crippen LogP contribution in [0.3, 0.4) is 0 Å². The molecule has 3 rings (SSSR count). The maximum Gasteiger partial charge on any atom is 0.0680 e. The normalized spacial score (nSPS) is 11.0. The molecule has 2 heterocycles. The molecule has 16 heavy (non-hydrogen) atoms. The van der Waals surface area contributed by atoms with Crippen LogP contribution in [0.2, 0.25) is 0 Å². The Labute approximate surface area is 93.8 Å². The van der Waals surface area contributed by atoms with E-state index in [4.69, 9.17) is 0 Å². The predicted molar refractivity (Wildman–Crippen MR) is 67.4 cm³/mol. The Balaban J connectivity index is 2.53. The highest BCUT2D eigenvalue weighted by Gasteiger charge is 2.07. The van der Waals surface area contributed by atoms with Crippen LogP contribution >= 0.6 is 0 Å². The molecule has 78 valence electrons. The maximum absolute atomic E-state index is 4.20. The lowest BCUT2D eigenvalue weighted by molar-refractivity contribution is 0.898. The second kappa shape index (κ2) is 3.49. The van der Waals surface area contributed by atoms with Gasteiger partial charge in [-0.1, -0.05) is 24.3 Å². The fourth-order valence-electron chi connectivity index (χ4n) is 2.22. The number of benzene rings is 1. The monoisotopic (exact) mass is 208 g/mol. The van der Waals surface area contributed by atoms with E-state index < -0.39 is 0 Å². The number of pyridine rings is 1. The van der Waals surface area contributed by atoms with Crippen LogP contribution in [0.5, 0.6) is 0 Å². The third-order valence-corrected chi connectivity index (χ3v) is 2.89. The molecule has 0 aliphatic rings. The first kappa shape index (κ1) is 9.16. The van der Waals surface area contributed by atoms with Gasteiger partial charge in [0.2, 0.25) is 0 Å². The third kappa shape index (κ3) is 1.16. The second-order valence-corrected chi connectivity index (χ2v) is 3.81. The molecule has 2 heteroatoms. The van der Waals surface area contributed by atoms with Crippen LogP contribution in [-0.2, 0) is 6.54 Å². The van der Waals surface area contributed by atoms with Gasteiger partial charge in [0.05, 0.1) is 11.7 Å². The van der Waals surface area contributed by atoms with E-state index in [-0.39, 0.29) is 0 Å². The van der Waals surface area contributed by atoms with E-state index in [9.17, 15) is 0 Å². The van der Waals surface area contributed by atoms with Crippen LogP contribution in [-0.4, -0.2) is 9.55 Å². The van der Waals surface area contributed by atoms with Crippen molar-refractivity contribution in [2.24, 2.45) is 0 Å². The van der Waals surface area contributed by atoms with E-state index in [0.29, 0.717) is 0 Å². The fraction of sp³-hybridized carbons (Fsp3) is 0.0714. The van der Waals surface area contributed by atoms with E-state index in [1.165, 1.54) is 21.8 Å². The molecule has 0 unspecified atom stereocenters. The van der Waals surface area contributed by atoms with Crippen LogP contribution in [0, 0.1) is 0 Å². The smallest absolute Gasteiger partial charge is 0.0680 e. The number of para-hydroxylation sites is 1. The minimum atomic E-state index is 0.815. The Kier molecular flexibility index (Phi) is 2.00. The van der Waals surface area contributed by atoms with Gasteiger partial charge < -0.3 is 4.57 Å². The van der Waals surface area contributed by atoms with Crippen LogP contribution in [0.4, 0.5) is 0 Å². The van der Waals surface area contributed by atoms with Crippen LogP contribution in [0.25, 0.3) is 21.8 Å². The van der Waals surface area contributed by atoms with Crippen molar-refractivity contribution in [1.29, 1.82) is 0 Å². The van der Waals surface area contributed by atoms with Gasteiger partial charge >= 0.3 is 0 Å². The number of hydrogen-bond acceptors (Lipinski definition) is 1. The van der Waals surface area contributed by atoms with Crippen molar-refractivity contribution in [3.63, 3.8) is 0 Å². The molecule has 2 nitrogen and oxygen atoms in total. The molecule has 0 amide bonds. The number of aromatic nitrogens is 2. The summed E-state index contributed by atoms with van der Waals surface area (Å²) in [5.41, 5.74) is 2.41. The molecule has 0 spiro atoms. The van der Waals surface area contributed by atoms with Gasteiger partial charge in [0, 0.05) is 29.0 Å². The Hall–Kier alpha value is -2.09. The topological polar surface area (TPSA) is 17.8 Å². The molecule has 0 fully saturated rings. The number of rotatable bonds is 2. The molecular weight excluding hydrogens is 196 g/mol. The second-order valence-electron chi connectivity index (χ2n) is 3.81. The third-order valence-electron chi connectivity index (χ3n) is 2.89. The van der Waals surface area contributed by atoms with E-state index in [0.717, 1.165) is 6.54 Å². The lowest BCUT2D eigenvalue weighted by atomic mass is 10.2. The predicted octanol–water partition coefficient (Wildman–Crippen LogP) is 3.38. The molecule has 0 radical (unpaired) electrons. The summed E-state index contributed by atoms with van der Waals surface area (Å²) in [5.74, 6) is 0. The Morgan fingerprint density at radius 3 is 2.81 bits per heavy atom. The van der Waals surface area contributed by atoms with Gasteiger partial charge in [0.25, 0.3) is 0 Å². The van der Waals surface area contributed by atoms with E-state index in [1.54, 1.807) is 0 Å². The Bertz CT molecular complexity index is 611. The minimum Gasteiger partial charge on any atom is -0.335 e. The number of fused-ring (bicyclic) bond motifs is 3. The zero-order valence-corrected chi connectivity index (χ0v) is 8.93. The van der Waals surface area contributed by atoms with Crippen molar-refractivity contribution < 1.29 is 0 Å². The molecule has 2 aromatic heterocycles. The molecule has 0 atom stereocenters. The largest absolute Gasteiger partial charge is 0.335 e. The molecule has 0 N–H and O–H groups in total. The number of hydrogen-bond donors (Lipinski definition) is 0. The van der Waals surface area contributed by atoms with Crippen molar-refractivity contribution in [3.8, 4) is 0 Å². The molecular formula is C14H12N2. The van der Waals surface area contributed by atoms with Crippen LogP contribution in [0.1, 0.15) is 0 Å². The fourth-order valence-corrected chi connectivity index (χ4v) is 2.22. The van der Waals surface area contributed by atoms with Crippen molar-refractivity contribution >= 4 is 21.8 Å². The molecule has 0 bridgehead atoms. The summed E-state index contributed by atoms with van der Waals surface area (Å²) in [7, 11) is 0. The first-order chi connectivity index (χ1) is 7.92. The van der Waals surface area contributed by atoms with Gasteiger partial charge in [-0.2, -0.15) is 0 Å². The van der Waals surface area contributed by atoms with Gasteiger partial charge in [0.1, 0.15) is 0 Å². The summed E-state index contributed by atoms with van der Waals surface area (Å²) in [4.78, 5) is 4.20. The molecule has 0 aliphatic carbocycles. The summed E-state index contributed by atoms with van der Waals surface area (Å²) in [6, 6.07) is 10.5. The summed E-state index contributed by atoms with van der Waals surface area (Å²) in [6.07, 6.45) is 5.67. The van der Waals surface area contributed by atoms with Crippen molar-refractivity contribution in [3.05, 3.63) is 55.4 Å². The summed E-state index contributed by atoms with van der Waals surface area (Å²) >= 11 is 0. The zero-order valence-electron chi connectivity index (χ0n) is 8.93. The summed E-state index contributed by atoms with van der Waals surface area (Å²) < 4.78 is 2.24. The van der Waals surface area contributed by atoms with Gasteiger partial charge in [-0.15, -0.1) is 6.58 Å². The van der Waals surface area contributed by atoms with Gasteiger partial charge in [-0.05, 0) is 12.1 Å². The lowest BCUT2D eigenvalue weighted by Gasteiger charge is -2.01. The van der Waals surface area contributed by atoms with Crippen molar-refractivity contribution in [2.75, 3.05) is 0 Å². The van der Waals surface area contributed by atoms with Crippen molar-refractivity contribution in [2.45, 2.75) is 6.54 Å². The highest BCUT2D eigenvalue weighted by molar-refractivity contribution is 6.07. The molecule has 0 aliphatic heterocycles. The first-order valence-corrected chi connectivity index (χ1v) is 5.33.